The summed E-state index contributed by atoms with van der Waals surface area (Å²) in [5, 5.41) is 0.0559. The van der Waals surface area contributed by atoms with Gasteiger partial charge in [-0.2, -0.15) is 63.1 Å². The van der Waals surface area contributed by atoms with Crippen LogP contribution in [0, 0.1) is 0 Å². The number of hydrogen-bond acceptors (Lipinski definition) is 10. The van der Waals surface area contributed by atoms with E-state index in [0.29, 0.717) is 66.1 Å². The van der Waals surface area contributed by atoms with Gasteiger partial charge in [0.1, 0.15) is 0 Å². The summed E-state index contributed by atoms with van der Waals surface area (Å²) in [6.07, 6.45) is 1.58. The molecule has 1 rings (SSSR count). The zero-order valence-electron chi connectivity index (χ0n) is 15.6. The summed E-state index contributed by atoms with van der Waals surface area (Å²) in [5.41, 5.74) is 0. The fraction of sp³-hybridized carbons (Fsp3) is 1.00. The van der Waals surface area contributed by atoms with Gasteiger partial charge in [0.2, 0.25) is 0 Å². The van der Waals surface area contributed by atoms with Crippen molar-refractivity contribution in [1.82, 2.24) is 0 Å². The average molecular weight is 479 g/mol. The Labute approximate surface area is 191 Å². The van der Waals surface area contributed by atoms with Gasteiger partial charge in [0.05, 0.1) is 52.9 Å². The quantitative estimate of drug-likeness (QED) is 0.346. The van der Waals surface area contributed by atoms with E-state index in [-0.39, 0.29) is 26.2 Å². The number of rotatable bonds is 0. The molecule has 0 aromatic rings. The van der Waals surface area contributed by atoms with Crippen molar-refractivity contribution >= 4 is 63.1 Å². The van der Waals surface area contributed by atoms with Gasteiger partial charge in [-0.15, -0.1) is 0 Å². The minimum Gasteiger partial charge on any atom is -0.379 e. The van der Waals surface area contributed by atoms with Crippen molar-refractivity contribution in [2.75, 3.05) is 66.1 Å². The second kappa shape index (κ2) is 17.3. The Balaban J connectivity index is 2.41. The van der Waals surface area contributed by atoms with Gasteiger partial charge in [0.25, 0.3) is 0 Å². The fourth-order valence-electron chi connectivity index (χ4n) is 2.39. The van der Waals surface area contributed by atoms with Crippen molar-refractivity contribution in [1.29, 1.82) is 0 Å². The molecule has 1 saturated heterocycles. The van der Waals surface area contributed by atoms with Crippen molar-refractivity contribution in [2.24, 2.45) is 0 Å². The summed E-state index contributed by atoms with van der Waals surface area (Å²) in [5.74, 6) is 0. The van der Waals surface area contributed by atoms with Crippen LogP contribution >= 0.6 is 63.1 Å². The van der Waals surface area contributed by atoms with Crippen molar-refractivity contribution in [2.45, 2.75) is 39.1 Å². The molecule has 0 aliphatic carbocycles. The standard InChI is InChI=1S/C17H34O5S5/c23-13-1-3-18-5-7-20-9-11-22-12-10-21-8-6-19-4-2-14(24)16(26)17(27)15(13)25/h13-17,23-27H,1-12H2. The van der Waals surface area contributed by atoms with Gasteiger partial charge >= 0.3 is 0 Å². The lowest BCUT2D eigenvalue weighted by atomic mass is 10.1. The largest absolute Gasteiger partial charge is 0.379 e. The summed E-state index contributed by atoms with van der Waals surface area (Å²) in [6, 6.07) is 0. The minimum atomic E-state index is -0.0359. The van der Waals surface area contributed by atoms with Gasteiger partial charge in [-0.05, 0) is 12.8 Å². The predicted molar refractivity (Wildman–Crippen MR) is 127 cm³/mol. The van der Waals surface area contributed by atoms with Crippen molar-refractivity contribution in [3.05, 3.63) is 0 Å². The Morgan fingerprint density at radius 3 is 0.926 bits per heavy atom. The molecule has 4 unspecified atom stereocenters. The van der Waals surface area contributed by atoms with Crippen LogP contribution in [0.1, 0.15) is 12.8 Å². The zero-order chi connectivity index (χ0) is 19.9. The van der Waals surface area contributed by atoms with Gasteiger partial charge in [0, 0.05) is 39.5 Å². The average Bonchev–Trinajstić information content (AvgIpc) is 2.67. The molecule has 1 aliphatic rings. The third-order valence-corrected chi connectivity index (χ3v) is 8.20. The van der Waals surface area contributed by atoms with E-state index in [1.165, 1.54) is 0 Å². The third-order valence-electron chi connectivity index (χ3n) is 4.09. The topological polar surface area (TPSA) is 46.2 Å². The monoisotopic (exact) mass is 478 g/mol. The summed E-state index contributed by atoms with van der Waals surface area (Å²) in [7, 11) is 0. The van der Waals surface area contributed by atoms with E-state index in [1.54, 1.807) is 0 Å². The van der Waals surface area contributed by atoms with Crippen LogP contribution in [-0.4, -0.2) is 92.3 Å². The Kier molecular flexibility index (Phi) is 17.0. The van der Waals surface area contributed by atoms with E-state index >= 15 is 0 Å². The van der Waals surface area contributed by atoms with Crippen molar-refractivity contribution < 1.29 is 23.7 Å². The number of thiol groups is 5. The van der Waals surface area contributed by atoms with E-state index in [9.17, 15) is 0 Å². The van der Waals surface area contributed by atoms with Crippen LogP contribution in [0.5, 0.6) is 0 Å². The van der Waals surface area contributed by atoms with Gasteiger partial charge in [-0.1, -0.05) is 0 Å². The molecule has 162 valence electrons. The Hall–Kier alpha value is 1.55. The summed E-state index contributed by atoms with van der Waals surface area (Å²) in [4.78, 5) is 0. The lowest BCUT2D eigenvalue weighted by Crippen LogP contribution is -2.38. The summed E-state index contributed by atoms with van der Waals surface area (Å²) >= 11 is 23.4. The first-order chi connectivity index (χ1) is 13.0. The first-order valence-electron chi connectivity index (χ1n) is 9.33. The second-order valence-corrected chi connectivity index (χ2v) is 9.36. The maximum atomic E-state index is 5.60. The maximum Gasteiger partial charge on any atom is 0.0701 e. The van der Waals surface area contributed by atoms with Gasteiger partial charge in [0.15, 0.2) is 0 Å². The molecule has 4 atom stereocenters. The highest BCUT2D eigenvalue weighted by molar-refractivity contribution is 7.89. The van der Waals surface area contributed by atoms with Gasteiger partial charge in [-0.3, -0.25) is 0 Å². The number of ether oxygens (including phenoxy) is 5. The van der Waals surface area contributed by atoms with E-state index < -0.39 is 0 Å². The molecule has 0 radical (unpaired) electrons. The van der Waals surface area contributed by atoms with Crippen LogP contribution in [0.15, 0.2) is 0 Å². The molecule has 10 heteroatoms. The van der Waals surface area contributed by atoms with Gasteiger partial charge in [-0.25, -0.2) is 0 Å². The van der Waals surface area contributed by atoms with Crippen LogP contribution in [0.4, 0.5) is 0 Å². The van der Waals surface area contributed by atoms with E-state index in [4.69, 9.17) is 61.6 Å². The molecule has 27 heavy (non-hydrogen) atoms. The van der Waals surface area contributed by atoms with Gasteiger partial charge < -0.3 is 23.7 Å². The zero-order valence-corrected chi connectivity index (χ0v) is 20.1. The van der Waals surface area contributed by atoms with E-state index in [1.807, 2.05) is 0 Å². The molecule has 1 fully saturated rings. The Morgan fingerprint density at radius 1 is 0.370 bits per heavy atom. The van der Waals surface area contributed by atoms with Crippen molar-refractivity contribution in [3.8, 4) is 0 Å². The van der Waals surface area contributed by atoms with Crippen LogP contribution in [0.3, 0.4) is 0 Å². The Bertz CT molecular complexity index is 326. The molecule has 0 aromatic carbocycles. The van der Waals surface area contributed by atoms with Crippen molar-refractivity contribution in [3.63, 3.8) is 0 Å². The van der Waals surface area contributed by atoms with Crippen LogP contribution < -0.4 is 0 Å². The predicted octanol–water partition coefficient (Wildman–Crippen LogP) is 2.36. The molecule has 0 saturated carbocycles. The highest BCUT2D eigenvalue weighted by Crippen LogP contribution is 2.29. The molecular formula is C17H34O5S5. The van der Waals surface area contributed by atoms with Crippen LogP contribution in [-0.2, 0) is 23.7 Å². The molecular weight excluding hydrogens is 445 g/mol. The highest BCUT2D eigenvalue weighted by atomic mass is 32.1. The molecule has 0 aromatic heterocycles. The first kappa shape index (κ1) is 26.6. The molecule has 5 nitrogen and oxygen atoms in total. The SMILES string of the molecule is SC1CCOCCOCCOCCOCCOCCC(S)C(S)C(S)C1S. The van der Waals surface area contributed by atoms with Crippen LogP contribution in [0.25, 0.3) is 0 Å². The second-order valence-electron chi connectivity index (χ2n) is 6.25. The fourth-order valence-corrected chi connectivity index (χ4v) is 4.46. The highest BCUT2D eigenvalue weighted by Gasteiger charge is 2.30. The molecule has 0 N–H and O–H groups in total. The summed E-state index contributed by atoms with van der Waals surface area (Å²) < 4.78 is 27.6. The lowest BCUT2D eigenvalue weighted by molar-refractivity contribution is -0.0113. The minimum absolute atomic E-state index is 0.0157. The first-order valence-corrected chi connectivity index (χ1v) is 11.9. The maximum absolute atomic E-state index is 5.60. The molecule has 0 spiro atoms. The molecule has 0 amide bonds. The lowest BCUT2D eigenvalue weighted by Gasteiger charge is -2.31. The molecule has 0 bridgehead atoms. The molecule has 1 heterocycles. The van der Waals surface area contributed by atoms with E-state index in [2.05, 4.69) is 25.3 Å². The summed E-state index contributed by atoms with van der Waals surface area (Å²) in [6.45, 7) is 5.64. The third kappa shape index (κ3) is 12.8. The normalized spacial score (nSPS) is 35.7. The van der Waals surface area contributed by atoms with Crippen LogP contribution in [0.2, 0.25) is 0 Å². The smallest absolute Gasteiger partial charge is 0.0701 e. The van der Waals surface area contributed by atoms with E-state index in [0.717, 1.165) is 12.8 Å². The molecule has 1 aliphatic heterocycles. The number of hydrogen-bond donors (Lipinski definition) is 5. The Morgan fingerprint density at radius 2 is 0.630 bits per heavy atom.